The van der Waals surface area contributed by atoms with Crippen LogP contribution in [0.1, 0.15) is 59.8 Å². The minimum atomic E-state index is 0.110. The van der Waals surface area contributed by atoms with Crippen LogP contribution in [-0.4, -0.2) is 31.7 Å². The van der Waals surface area contributed by atoms with Crippen LogP contribution in [0.25, 0.3) is 0 Å². The summed E-state index contributed by atoms with van der Waals surface area (Å²) in [6, 6.07) is 0. The molecule has 0 bridgehead atoms. The number of hydrazine groups is 1. The van der Waals surface area contributed by atoms with Crippen molar-refractivity contribution in [2.75, 3.05) is 13.1 Å². The van der Waals surface area contributed by atoms with Crippen molar-refractivity contribution in [3.8, 4) is 0 Å². The molecule has 0 aromatic heterocycles. The molecule has 25 heavy (non-hydrogen) atoms. The van der Waals surface area contributed by atoms with Crippen LogP contribution >= 0.6 is 0 Å². The summed E-state index contributed by atoms with van der Waals surface area (Å²) in [5.41, 5.74) is 7.99. The molecular weight excluding hydrogens is 312 g/mol. The van der Waals surface area contributed by atoms with Gasteiger partial charge in [0.25, 0.3) is 0 Å². The van der Waals surface area contributed by atoms with Gasteiger partial charge in [-0.3, -0.25) is 0 Å². The van der Waals surface area contributed by atoms with Gasteiger partial charge in [0.2, 0.25) is 0 Å². The molecule has 3 rings (SSSR count). The van der Waals surface area contributed by atoms with Crippen molar-refractivity contribution in [3.05, 3.63) is 11.6 Å². The summed E-state index contributed by atoms with van der Waals surface area (Å²) in [5.74, 6) is 2.74. The highest BCUT2D eigenvalue weighted by molar-refractivity contribution is 5.13. The lowest BCUT2D eigenvalue weighted by Gasteiger charge is -2.39. The maximum atomic E-state index is 5.89. The van der Waals surface area contributed by atoms with Gasteiger partial charge in [0.15, 0.2) is 0 Å². The molecule has 0 aromatic rings. The third kappa shape index (κ3) is 5.27. The zero-order valence-corrected chi connectivity index (χ0v) is 16.5. The second-order valence-corrected chi connectivity index (χ2v) is 8.62. The Morgan fingerprint density at radius 2 is 2.12 bits per heavy atom. The number of hydrogen-bond donors (Lipinski definition) is 4. The molecule has 2 heterocycles. The number of rotatable bonds is 6. The van der Waals surface area contributed by atoms with E-state index in [0.29, 0.717) is 23.9 Å². The number of allylic oxidation sites excluding steroid dienone is 1. The van der Waals surface area contributed by atoms with E-state index in [2.05, 4.69) is 55.3 Å². The van der Waals surface area contributed by atoms with Gasteiger partial charge in [0.1, 0.15) is 12.5 Å². The Bertz CT molecular complexity index is 447. The van der Waals surface area contributed by atoms with E-state index in [1.807, 2.05) is 0 Å². The highest BCUT2D eigenvalue weighted by Gasteiger charge is 2.34. The molecule has 4 N–H and O–H groups in total. The standard InChI is InChI=1S/C20H38N4O/c1-13(2)18-10-16(11-20-24-23-15(4)25-20)14(3)9-17(18)12-22-19-7-5-6-8-21-19/h9,13,15-24H,5-8,10-12H2,1-4H3/t15?,16-,17+,18+,19?,20?/m1/s1. The first-order chi connectivity index (χ1) is 12.0. The predicted molar refractivity (Wildman–Crippen MR) is 103 cm³/mol. The first-order valence-corrected chi connectivity index (χ1v) is 10.3. The van der Waals surface area contributed by atoms with Crippen LogP contribution in [0.15, 0.2) is 11.6 Å². The Labute approximate surface area is 153 Å². The molecule has 3 unspecified atom stereocenters. The van der Waals surface area contributed by atoms with Crippen molar-refractivity contribution in [2.24, 2.45) is 23.7 Å². The average Bonchev–Trinajstić information content (AvgIpc) is 3.00. The maximum Gasteiger partial charge on any atom is 0.123 e. The quantitative estimate of drug-likeness (QED) is 0.555. The van der Waals surface area contributed by atoms with Crippen molar-refractivity contribution >= 4 is 0 Å². The molecule has 0 saturated carbocycles. The van der Waals surface area contributed by atoms with E-state index in [1.165, 1.54) is 25.7 Å². The summed E-state index contributed by atoms with van der Waals surface area (Å²) in [5, 5.41) is 7.40. The zero-order valence-electron chi connectivity index (χ0n) is 16.5. The number of hydrogen-bond acceptors (Lipinski definition) is 5. The summed E-state index contributed by atoms with van der Waals surface area (Å²) in [4.78, 5) is 0. The fourth-order valence-electron chi connectivity index (χ4n) is 4.75. The van der Waals surface area contributed by atoms with E-state index in [-0.39, 0.29) is 12.5 Å². The van der Waals surface area contributed by atoms with Gasteiger partial charge < -0.3 is 15.4 Å². The van der Waals surface area contributed by atoms with E-state index in [1.54, 1.807) is 5.57 Å². The van der Waals surface area contributed by atoms with Crippen LogP contribution in [0.3, 0.4) is 0 Å². The molecule has 3 aliphatic rings. The smallest absolute Gasteiger partial charge is 0.123 e. The predicted octanol–water partition coefficient (Wildman–Crippen LogP) is 2.72. The normalized spacial score (nSPS) is 39.6. The van der Waals surface area contributed by atoms with E-state index in [4.69, 9.17) is 4.74 Å². The molecule has 6 atom stereocenters. The van der Waals surface area contributed by atoms with Crippen molar-refractivity contribution in [1.29, 1.82) is 0 Å². The minimum Gasteiger partial charge on any atom is -0.343 e. The van der Waals surface area contributed by atoms with Crippen molar-refractivity contribution in [3.63, 3.8) is 0 Å². The molecule has 5 heteroatoms. The summed E-state index contributed by atoms with van der Waals surface area (Å²) >= 11 is 0. The van der Waals surface area contributed by atoms with Crippen LogP contribution in [0.4, 0.5) is 0 Å². The van der Waals surface area contributed by atoms with Crippen molar-refractivity contribution < 1.29 is 4.74 Å². The molecule has 0 spiro atoms. The Morgan fingerprint density at radius 3 is 2.76 bits per heavy atom. The Morgan fingerprint density at radius 1 is 1.28 bits per heavy atom. The second kappa shape index (κ2) is 8.96. The van der Waals surface area contributed by atoms with Crippen LogP contribution < -0.4 is 21.5 Å². The topological polar surface area (TPSA) is 57.3 Å². The first kappa shape index (κ1) is 19.3. The average molecular weight is 351 g/mol. The van der Waals surface area contributed by atoms with E-state index < -0.39 is 0 Å². The fraction of sp³-hybridized carbons (Fsp3) is 0.900. The summed E-state index contributed by atoms with van der Waals surface area (Å²) in [6.07, 6.45) is 9.59. The number of piperidine rings is 1. The van der Waals surface area contributed by atoms with Gasteiger partial charge in [-0.05, 0) is 76.2 Å². The molecule has 5 nitrogen and oxygen atoms in total. The molecule has 2 aliphatic heterocycles. The monoisotopic (exact) mass is 350 g/mol. The minimum absolute atomic E-state index is 0.110. The zero-order chi connectivity index (χ0) is 17.8. The number of ether oxygens (including phenoxy) is 1. The van der Waals surface area contributed by atoms with Crippen molar-refractivity contribution in [2.45, 2.75) is 78.4 Å². The maximum absolute atomic E-state index is 5.89. The Balaban J connectivity index is 1.58. The fourth-order valence-corrected chi connectivity index (χ4v) is 4.75. The van der Waals surface area contributed by atoms with Gasteiger partial charge in [0.05, 0.1) is 6.17 Å². The van der Waals surface area contributed by atoms with E-state index in [0.717, 1.165) is 25.4 Å². The SMILES string of the molecule is CC1=C[C@@H](CNC2CCCCN2)[C@H](C(C)C)C[C@@H]1CC1NNC(C)O1. The molecule has 2 saturated heterocycles. The van der Waals surface area contributed by atoms with E-state index >= 15 is 0 Å². The summed E-state index contributed by atoms with van der Waals surface area (Å²) < 4.78 is 5.89. The van der Waals surface area contributed by atoms with E-state index in [9.17, 15) is 0 Å². The molecule has 1 aliphatic carbocycles. The van der Waals surface area contributed by atoms with Gasteiger partial charge in [-0.2, -0.15) is 0 Å². The molecule has 0 radical (unpaired) electrons. The molecular formula is C20H38N4O. The molecule has 0 aromatic carbocycles. The lowest BCUT2D eigenvalue weighted by molar-refractivity contribution is 0.0294. The van der Waals surface area contributed by atoms with Gasteiger partial charge in [-0.15, -0.1) is 0 Å². The highest BCUT2D eigenvalue weighted by Crippen LogP contribution is 2.39. The third-order valence-corrected chi connectivity index (χ3v) is 6.31. The number of nitrogens with one attached hydrogen (secondary N) is 4. The summed E-state index contributed by atoms with van der Waals surface area (Å²) in [6.45, 7) is 11.4. The molecule has 0 amide bonds. The van der Waals surface area contributed by atoms with Crippen LogP contribution in [0, 0.1) is 23.7 Å². The molecule has 2 fully saturated rings. The second-order valence-electron chi connectivity index (χ2n) is 8.62. The largest absolute Gasteiger partial charge is 0.343 e. The summed E-state index contributed by atoms with van der Waals surface area (Å²) in [7, 11) is 0. The first-order valence-electron chi connectivity index (χ1n) is 10.3. The molecule has 144 valence electrons. The van der Waals surface area contributed by atoms with Gasteiger partial charge in [-0.1, -0.05) is 25.5 Å². The third-order valence-electron chi connectivity index (χ3n) is 6.31. The lowest BCUT2D eigenvalue weighted by Crippen LogP contribution is -2.48. The van der Waals surface area contributed by atoms with Crippen LogP contribution in [0.2, 0.25) is 0 Å². The lowest BCUT2D eigenvalue weighted by atomic mass is 9.69. The van der Waals surface area contributed by atoms with Gasteiger partial charge in [-0.25, -0.2) is 10.9 Å². The van der Waals surface area contributed by atoms with Crippen LogP contribution in [0.5, 0.6) is 0 Å². The Kier molecular flexibility index (Phi) is 6.92. The Hall–Kier alpha value is -0.460. The van der Waals surface area contributed by atoms with Gasteiger partial charge in [0, 0.05) is 6.54 Å². The van der Waals surface area contributed by atoms with Crippen molar-refractivity contribution in [1.82, 2.24) is 21.5 Å². The highest BCUT2D eigenvalue weighted by atomic mass is 16.5. The van der Waals surface area contributed by atoms with Crippen LogP contribution in [-0.2, 0) is 4.74 Å². The van der Waals surface area contributed by atoms with Gasteiger partial charge >= 0.3 is 0 Å².